The highest BCUT2D eigenvalue weighted by Gasteiger charge is 2.18. The van der Waals surface area contributed by atoms with Crippen molar-refractivity contribution >= 4 is 6.03 Å². The van der Waals surface area contributed by atoms with Crippen molar-refractivity contribution in [3.63, 3.8) is 0 Å². The van der Waals surface area contributed by atoms with Gasteiger partial charge in [-0.3, -0.25) is 4.90 Å². The summed E-state index contributed by atoms with van der Waals surface area (Å²) in [5.41, 5.74) is 1.06. The summed E-state index contributed by atoms with van der Waals surface area (Å²) in [6.45, 7) is 3.83. The van der Waals surface area contributed by atoms with E-state index in [0.29, 0.717) is 19.6 Å². The summed E-state index contributed by atoms with van der Waals surface area (Å²) in [7, 11) is 3.23. The number of aliphatic hydroxyl groups is 1. The maximum atomic E-state index is 11.2. The summed E-state index contributed by atoms with van der Waals surface area (Å²) < 4.78 is 5.39. The lowest BCUT2D eigenvalue weighted by atomic mass is 10.1. The number of benzene rings is 1. The van der Waals surface area contributed by atoms with Crippen LogP contribution in [0.1, 0.15) is 18.5 Å². The Kier molecular flexibility index (Phi) is 7.56. The van der Waals surface area contributed by atoms with E-state index in [-0.39, 0.29) is 18.7 Å². The number of urea groups is 1. The van der Waals surface area contributed by atoms with Crippen LogP contribution >= 0.6 is 0 Å². The standard InChI is InChI=1S/C15H25N3O3/c1-12(13-6-4-5-7-14(13)21-3)18(10-11-19)9-8-17-15(20)16-2/h4-7,12,19H,8-11H2,1-3H3,(H2,16,17,20)/t12-/m0/s1. The molecule has 2 amide bonds. The van der Waals surface area contributed by atoms with E-state index in [9.17, 15) is 9.90 Å². The third-order valence-electron chi connectivity index (χ3n) is 3.44. The molecule has 0 heterocycles. The molecule has 0 unspecified atom stereocenters. The Labute approximate surface area is 126 Å². The van der Waals surface area contributed by atoms with Gasteiger partial charge in [0.2, 0.25) is 0 Å². The summed E-state index contributed by atoms with van der Waals surface area (Å²) >= 11 is 0. The van der Waals surface area contributed by atoms with Gasteiger partial charge in [0.25, 0.3) is 0 Å². The van der Waals surface area contributed by atoms with Gasteiger partial charge in [0.05, 0.1) is 13.7 Å². The van der Waals surface area contributed by atoms with Crippen LogP contribution in [0.25, 0.3) is 0 Å². The second-order valence-electron chi connectivity index (χ2n) is 4.68. The fourth-order valence-electron chi connectivity index (χ4n) is 2.24. The molecule has 1 rings (SSSR count). The fourth-order valence-corrected chi connectivity index (χ4v) is 2.24. The topological polar surface area (TPSA) is 73.8 Å². The van der Waals surface area contributed by atoms with E-state index in [1.165, 1.54) is 0 Å². The smallest absolute Gasteiger partial charge is 0.314 e. The number of nitrogens with one attached hydrogen (secondary N) is 2. The predicted octanol–water partition coefficient (Wildman–Crippen LogP) is 0.980. The van der Waals surface area contributed by atoms with Gasteiger partial charge in [-0.15, -0.1) is 0 Å². The Morgan fingerprint density at radius 1 is 1.38 bits per heavy atom. The van der Waals surface area contributed by atoms with Crippen molar-refractivity contribution in [2.45, 2.75) is 13.0 Å². The van der Waals surface area contributed by atoms with E-state index >= 15 is 0 Å². The number of carbonyl (C=O) groups excluding carboxylic acids is 1. The Bertz CT molecular complexity index is 440. The van der Waals surface area contributed by atoms with E-state index in [2.05, 4.69) is 22.5 Å². The Balaban J connectivity index is 2.72. The van der Waals surface area contributed by atoms with Gasteiger partial charge in [-0.1, -0.05) is 18.2 Å². The molecule has 6 heteroatoms. The molecule has 3 N–H and O–H groups in total. The van der Waals surface area contributed by atoms with Gasteiger partial charge in [-0.25, -0.2) is 4.79 Å². The number of rotatable bonds is 8. The molecular formula is C15H25N3O3. The lowest BCUT2D eigenvalue weighted by molar-refractivity contribution is 0.157. The molecule has 0 radical (unpaired) electrons. The van der Waals surface area contributed by atoms with Crippen LogP contribution in [0, 0.1) is 0 Å². The third-order valence-corrected chi connectivity index (χ3v) is 3.44. The second kappa shape index (κ2) is 9.20. The number of aliphatic hydroxyl groups excluding tert-OH is 1. The van der Waals surface area contributed by atoms with Crippen LogP contribution in [0.4, 0.5) is 4.79 Å². The van der Waals surface area contributed by atoms with E-state index in [4.69, 9.17) is 4.74 Å². The highest BCUT2D eigenvalue weighted by Crippen LogP contribution is 2.28. The highest BCUT2D eigenvalue weighted by molar-refractivity contribution is 5.73. The molecule has 0 aliphatic carbocycles. The van der Waals surface area contributed by atoms with Gasteiger partial charge in [0.1, 0.15) is 5.75 Å². The Morgan fingerprint density at radius 3 is 2.71 bits per heavy atom. The summed E-state index contributed by atoms with van der Waals surface area (Å²) in [6, 6.07) is 7.71. The molecule has 1 aromatic carbocycles. The largest absolute Gasteiger partial charge is 0.496 e. The van der Waals surface area contributed by atoms with Crippen LogP contribution < -0.4 is 15.4 Å². The molecule has 1 aromatic rings. The van der Waals surface area contributed by atoms with Crippen LogP contribution in [-0.2, 0) is 0 Å². The summed E-state index contributed by atoms with van der Waals surface area (Å²) in [5, 5.41) is 14.5. The Hall–Kier alpha value is -1.79. The molecule has 1 atom stereocenters. The first-order chi connectivity index (χ1) is 10.1. The quantitative estimate of drug-likeness (QED) is 0.668. The molecule has 0 spiro atoms. The second-order valence-corrected chi connectivity index (χ2v) is 4.68. The summed E-state index contributed by atoms with van der Waals surface area (Å²) in [6.07, 6.45) is 0. The van der Waals surface area contributed by atoms with Crippen molar-refractivity contribution in [3.8, 4) is 5.75 Å². The maximum absolute atomic E-state index is 11.2. The number of para-hydroxylation sites is 1. The lowest BCUT2D eigenvalue weighted by Gasteiger charge is -2.29. The summed E-state index contributed by atoms with van der Waals surface area (Å²) in [5.74, 6) is 0.826. The molecule has 118 valence electrons. The van der Waals surface area contributed by atoms with Crippen molar-refractivity contribution < 1.29 is 14.6 Å². The van der Waals surface area contributed by atoms with Gasteiger partial charge >= 0.3 is 6.03 Å². The monoisotopic (exact) mass is 295 g/mol. The van der Waals surface area contributed by atoms with Crippen molar-refractivity contribution in [2.24, 2.45) is 0 Å². The van der Waals surface area contributed by atoms with Crippen LogP contribution in [0.3, 0.4) is 0 Å². The van der Waals surface area contributed by atoms with Gasteiger partial charge in [-0.05, 0) is 13.0 Å². The van der Waals surface area contributed by atoms with Crippen LogP contribution in [0.2, 0.25) is 0 Å². The van der Waals surface area contributed by atoms with Crippen LogP contribution in [-0.4, -0.2) is 56.4 Å². The molecule has 21 heavy (non-hydrogen) atoms. The zero-order valence-corrected chi connectivity index (χ0v) is 12.9. The number of ether oxygens (including phenoxy) is 1. The molecule has 0 saturated heterocycles. The first-order valence-corrected chi connectivity index (χ1v) is 7.07. The molecular weight excluding hydrogens is 270 g/mol. The third kappa shape index (κ3) is 5.24. The zero-order valence-electron chi connectivity index (χ0n) is 12.9. The van der Waals surface area contributed by atoms with Gasteiger partial charge in [0.15, 0.2) is 0 Å². The van der Waals surface area contributed by atoms with Crippen LogP contribution in [0.15, 0.2) is 24.3 Å². The number of hydrogen-bond donors (Lipinski definition) is 3. The van der Waals surface area contributed by atoms with Crippen LogP contribution in [0.5, 0.6) is 5.75 Å². The van der Waals surface area contributed by atoms with Gasteiger partial charge in [0, 0.05) is 38.3 Å². The van der Waals surface area contributed by atoms with E-state index in [1.54, 1.807) is 14.2 Å². The van der Waals surface area contributed by atoms with E-state index < -0.39 is 0 Å². The average Bonchev–Trinajstić information content (AvgIpc) is 2.53. The van der Waals surface area contributed by atoms with E-state index in [0.717, 1.165) is 11.3 Å². The number of nitrogens with zero attached hydrogens (tertiary/aromatic N) is 1. The molecule has 0 aromatic heterocycles. The van der Waals surface area contributed by atoms with Crippen molar-refractivity contribution in [1.82, 2.24) is 15.5 Å². The molecule has 6 nitrogen and oxygen atoms in total. The first kappa shape index (κ1) is 17.3. The minimum Gasteiger partial charge on any atom is -0.496 e. The molecule has 0 bridgehead atoms. The highest BCUT2D eigenvalue weighted by atomic mass is 16.5. The molecule has 0 saturated carbocycles. The molecule has 0 fully saturated rings. The fraction of sp³-hybridized carbons (Fsp3) is 0.533. The molecule has 0 aliphatic heterocycles. The van der Waals surface area contributed by atoms with Crippen molar-refractivity contribution in [2.75, 3.05) is 40.4 Å². The van der Waals surface area contributed by atoms with Gasteiger partial charge < -0.3 is 20.5 Å². The number of methoxy groups -OCH3 is 1. The normalized spacial score (nSPS) is 12.0. The SMILES string of the molecule is CNC(=O)NCCN(CCO)[C@@H](C)c1ccccc1OC. The van der Waals surface area contributed by atoms with Crippen molar-refractivity contribution in [1.29, 1.82) is 0 Å². The van der Waals surface area contributed by atoms with Crippen molar-refractivity contribution in [3.05, 3.63) is 29.8 Å². The summed E-state index contributed by atoms with van der Waals surface area (Å²) in [4.78, 5) is 13.3. The number of carbonyl (C=O) groups is 1. The number of hydrogen-bond acceptors (Lipinski definition) is 4. The lowest BCUT2D eigenvalue weighted by Crippen LogP contribution is -2.40. The molecule has 0 aliphatic rings. The maximum Gasteiger partial charge on any atom is 0.314 e. The number of amides is 2. The van der Waals surface area contributed by atoms with Gasteiger partial charge in [-0.2, -0.15) is 0 Å². The Morgan fingerprint density at radius 2 is 2.10 bits per heavy atom. The zero-order chi connectivity index (χ0) is 15.7. The average molecular weight is 295 g/mol. The van der Waals surface area contributed by atoms with E-state index in [1.807, 2.05) is 24.3 Å². The minimum absolute atomic E-state index is 0.0689. The first-order valence-electron chi connectivity index (χ1n) is 7.07. The predicted molar refractivity (Wildman–Crippen MR) is 82.5 cm³/mol. The minimum atomic E-state index is -0.205.